The molecule has 0 saturated heterocycles. The van der Waals surface area contributed by atoms with Crippen LogP contribution in [0.1, 0.15) is 54.7 Å². The Morgan fingerprint density at radius 2 is 1.85 bits per heavy atom. The maximum Gasteiger partial charge on any atom is 0.162 e. The fraction of sp³-hybridized carbons (Fsp3) is 0.208. The van der Waals surface area contributed by atoms with Crippen LogP contribution >= 0.6 is 0 Å². The van der Waals surface area contributed by atoms with Crippen molar-refractivity contribution in [3.05, 3.63) is 78.0 Å². The van der Waals surface area contributed by atoms with E-state index in [1.807, 2.05) is 49.4 Å². The zero-order valence-electron chi connectivity index (χ0n) is 15.5. The molecule has 3 rings (SSSR count). The minimum Gasteiger partial charge on any atom is -0.309 e. The maximum absolute atomic E-state index is 12.3. The molecule has 1 heterocycles. The quantitative estimate of drug-likeness (QED) is 0.439. The maximum atomic E-state index is 12.3. The van der Waals surface area contributed by atoms with Crippen LogP contribution in [0.2, 0.25) is 0 Å². The highest BCUT2D eigenvalue weighted by atomic mass is 16.1. The zero-order chi connectivity index (χ0) is 18.5. The molecule has 3 aromatic rings. The van der Waals surface area contributed by atoms with Gasteiger partial charge in [0.1, 0.15) is 0 Å². The molecule has 0 N–H and O–H groups in total. The number of Topliss-reactive ketones (excluding diaryl/α,β-unsaturated/α-hetero) is 1. The predicted molar refractivity (Wildman–Crippen MR) is 112 cm³/mol. The van der Waals surface area contributed by atoms with Crippen molar-refractivity contribution in [1.29, 1.82) is 0 Å². The van der Waals surface area contributed by atoms with Crippen molar-refractivity contribution in [1.82, 2.24) is 4.57 Å². The Morgan fingerprint density at radius 3 is 2.50 bits per heavy atom. The van der Waals surface area contributed by atoms with Gasteiger partial charge >= 0.3 is 0 Å². The Kier molecular flexibility index (Phi) is 5.52. The number of carbonyl (C=O) groups excluding carboxylic acids is 1. The average molecular weight is 343 g/mol. The number of carbonyl (C=O) groups is 1. The molecule has 0 atom stereocenters. The van der Waals surface area contributed by atoms with Crippen LogP contribution in [0.5, 0.6) is 0 Å². The highest BCUT2D eigenvalue weighted by Gasteiger charge is 2.14. The van der Waals surface area contributed by atoms with E-state index >= 15 is 0 Å². The Morgan fingerprint density at radius 1 is 1.12 bits per heavy atom. The van der Waals surface area contributed by atoms with E-state index in [0.717, 1.165) is 40.9 Å². The lowest BCUT2D eigenvalue weighted by Crippen LogP contribution is -2.01. The van der Waals surface area contributed by atoms with Crippen molar-refractivity contribution in [2.45, 2.75) is 33.1 Å². The molecule has 0 bridgehead atoms. The number of benzene rings is 2. The molecular weight excluding hydrogens is 318 g/mol. The molecular formula is C24H25NO. The van der Waals surface area contributed by atoms with Gasteiger partial charge in [-0.2, -0.15) is 0 Å². The van der Waals surface area contributed by atoms with E-state index in [9.17, 15) is 4.79 Å². The van der Waals surface area contributed by atoms with Crippen molar-refractivity contribution in [2.75, 3.05) is 0 Å². The first-order valence-electron chi connectivity index (χ1n) is 9.23. The number of aromatic nitrogens is 1. The van der Waals surface area contributed by atoms with E-state index in [4.69, 9.17) is 0 Å². The van der Waals surface area contributed by atoms with Crippen molar-refractivity contribution in [3.63, 3.8) is 0 Å². The molecule has 0 unspecified atom stereocenters. The number of nitrogens with zero attached hydrogens (tertiary/aromatic N) is 1. The second-order valence-corrected chi connectivity index (χ2v) is 6.43. The summed E-state index contributed by atoms with van der Waals surface area (Å²) in [6.07, 6.45) is 8.66. The molecule has 132 valence electrons. The van der Waals surface area contributed by atoms with Crippen LogP contribution in [-0.4, -0.2) is 10.4 Å². The van der Waals surface area contributed by atoms with Gasteiger partial charge in [0.15, 0.2) is 5.78 Å². The van der Waals surface area contributed by atoms with Gasteiger partial charge in [-0.3, -0.25) is 4.79 Å². The Bertz CT molecular complexity index is 958. The minimum atomic E-state index is 0.219. The Hall–Kier alpha value is -2.87. The van der Waals surface area contributed by atoms with Gasteiger partial charge in [-0.1, -0.05) is 50.3 Å². The van der Waals surface area contributed by atoms with Gasteiger partial charge < -0.3 is 4.57 Å². The summed E-state index contributed by atoms with van der Waals surface area (Å²) >= 11 is 0. The molecule has 0 radical (unpaired) electrons. The van der Waals surface area contributed by atoms with Crippen LogP contribution in [0.25, 0.3) is 28.7 Å². The second kappa shape index (κ2) is 8.01. The smallest absolute Gasteiger partial charge is 0.162 e. The fourth-order valence-electron chi connectivity index (χ4n) is 3.38. The van der Waals surface area contributed by atoms with Gasteiger partial charge in [0.2, 0.25) is 0 Å². The number of para-hydroxylation sites is 1. The van der Waals surface area contributed by atoms with E-state index in [1.165, 1.54) is 5.39 Å². The lowest BCUT2D eigenvalue weighted by molar-refractivity contribution is 0.0980. The third kappa shape index (κ3) is 3.28. The Labute approximate surface area is 155 Å². The number of allylic oxidation sites excluding steroid dienone is 1. The number of unbranched alkanes of at least 4 members (excludes halogenated alkanes) is 1. The Balaban J connectivity index is 2.12. The summed E-state index contributed by atoms with van der Waals surface area (Å²) < 4.78 is 2.23. The summed E-state index contributed by atoms with van der Waals surface area (Å²) in [5.74, 6) is 0.219. The van der Waals surface area contributed by atoms with Crippen molar-refractivity contribution < 1.29 is 4.79 Å². The molecule has 0 aliphatic rings. The van der Waals surface area contributed by atoms with E-state index in [2.05, 4.69) is 42.3 Å². The second-order valence-electron chi connectivity index (χ2n) is 6.43. The van der Waals surface area contributed by atoms with Gasteiger partial charge in [0.05, 0.1) is 11.2 Å². The molecule has 2 heteroatoms. The van der Waals surface area contributed by atoms with Crippen LogP contribution in [-0.2, 0) is 0 Å². The first kappa shape index (κ1) is 17.9. The predicted octanol–water partition coefficient (Wildman–Crippen LogP) is 6.68. The van der Waals surface area contributed by atoms with E-state index < -0.39 is 0 Å². The summed E-state index contributed by atoms with van der Waals surface area (Å²) in [7, 11) is 0. The first-order chi connectivity index (χ1) is 12.7. The van der Waals surface area contributed by atoms with Crippen molar-refractivity contribution in [2.24, 2.45) is 0 Å². The summed E-state index contributed by atoms with van der Waals surface area (Å²) in [5, 5.41) is 1.18. The van der Waals surface area contributed by atoms with Crippen LogP contribution < -0.4 is 0 Å². The molecule has 0 fully saturated rings. The van der Waals surface area contributed by atoms with Crippen molar-refractivity contribution in [3.8, 4) is 5.69 Å². The van der Waals surface area contributed by atoms with Gasteiger partial charge in [-0.25, -0.2) is 0 Å². The van der Waals surface area contributed by atoms with E-state index in [0.29, 0.717) is 6.42 Å². The summed E-state index contributed by atoms with van der Waals surface area (Å²) in [6, 6.07) is 16.3. The van der Waals surface area contributed by atoms with Gasteiger partial charge in [0.25, 0.3) is 0 Å². The van der Waals surface area contributed by atoms with E-state index in [1.54, 1.807) is 0 Å². The number of hydrogen-bond donors (Lipinski definition) is 0. The normalized spacial score (nSPS) is 11.3. The lowest BCUT2D eigenvalue weighted by atomic mass is 10.1. The molecule has 0 spiro atoms. The van der Waals surface area contributed by atoms with Crippen LogP contribution in [0.15, 0.2) is 61.2 Å². The molecule has 26 heavy (non-hydrogen) atoms. The average Bonchev–Trinajstić information content (AvgIpc) is 2.99. The molecule has 1 aromatic heterocycles. The van der Waals surface area contributed by atoms with E-state index in [-0.39, 0.29) is 5.78 Å². The molecule has 2 aromatic carbocycles. The van der Waals surface area contributed by atoms with Crippen LogP contribution in [0, 0.1) is 0 Å². The fourth-order valence-corrected chi connectivity index (χ4v) is 3.38. The summed E-state index contributed by atoms with van der Waals surface area (Å²) in [5.41, 5.74) is 5.21. The van der Waals surface area contributed by atoms with Crippen molar-refractivity contribution >= 4 is 28.8 Å². The topological polar surface area (TPSA) is 22.0 Å². The molecule has 0 aliphatic heterocycles. The third-order valence-corrected chi connectivity index (χ3v) is 4.69. The zero-order valence-corrected chi connectivity index (χ0v) is 15.5. The molecule has 0 saturated carbocycles. The monoisotopic (exact) mass is 343 g/mol. The number of rotatable bonds is 7. The molecule has 0 aliphatic carbocycles. The SMILES string of the molecule is C=Cc1c(/C=C\C)n(-c2ccc(C(=O)CCCC)cc2)c2ccccc12. The number of hydrogen-bond acceptors (Lipinski definition) is 1. The largest absolute Gasteiger partial charge is 0.309 e. The first-order valence-corrected chi connectivity index (χ1v) is 9.23. The third-order valence-electron chi connectivity index (χ3n) is 4.69. The standard InChI is InChI=1S/C24H25NO/c1-4-7-13-24(26)18-14-16-19(17-15-18)25-22(10-5-2)20(6-3)21-11-8-9-12-23(21)25/h5-6,8-12,14-17H,3-4,7,13H2,1-2H3/b10-5-. The highest BCUT2D eigenvalue weighted by molar-refractivity contribution is 5.97. The van der Waals surface area contributed by atoms with Gasteiger partial charge in [-0.05, 0) is 49.8 Å². The highest BCUT2D eigenvalue weighted by Crippen LogP contribution is 2.31. The van der Waals surface area contributed by atoms with Gasteiger partial charge in [0, 0.05) is 28.6 Å². The number of ketones is 1. The van der Waals surface area contributed by atoms with Crippen LogP contribution in [0.3, 0.4) is 0 Å². The lowest BCUT2D eigenvalue weighted by Gasteiger charge is -2.10. The molecule has 2 nitrogen and oxygen atoms in total. The van der Waals surface area contributed by atoms with Gasteiger partial charge in [-0.15, -0.1) is 0 Å². The van der Waals surface area contributed by atoms with Crippen LogP contribution in [0.4, 0.5) is 0 Å². The number of fused-ring (bicyclic) bond motifs is 1. The summed E-state index contributed by atoms with van der Waals surface area (Å²) in [4.78, 5) is 12.3. The minimum absolute atomic E-state index is 0.219. The molecule has 0 amide bonds. The summed E-state index contributed by atoms with van der Waals surface area (Å²) in [6.45, 7) is 8.13.